The Morgan fingerprint density at radius 2 is 0.645 bits per heavy atom. The van der Waals surface area contributed by atoms with Crippen LogP contribution in [0.25, 0.3) is 0 Å². The van der Waals surface area contributed by atoms with Gasteiger partial charge in [-0.1, -0.05) is 96.9 Å². The third-order valence-corrected chi connectivity index (χ3v) is 42.0. The Bertz CT molecular complexity index is 3510. The molecule has 0 aromatic carbocycles. The molecule has 0 aromatic heterocycles. The minimum atomic E-state index is -0.415. The predicted octanol–water partition coefficient (Wildman–Crippen LogP) is 22.7. The Labute approximate surface area is 731 Å². The number of carbonyl (C=O) groups is 6. The van der Waals surface area contributed by atoms with E-state index in [0.29, 0.717) is 108 Å². The van der Waals surface area contributed by atoms with Crippen LogP contribution in [0.4, 0.5) is 0 Å². The standard InChI is InChI=1S/C21H32O2.2C20H30O2.C16H28O3.C15H24O3.C14H24O3/c1-11-12(2)18-9-15(11)10-19(18)20(22)23-21(3)16-5-13-4-14(7-16)8-17(21)6-13;1-11-12(2)17-6-16(11)7-18(17)19(21)22-20-8-13-3-14(9-20)5-15(4-13)10-20;1-10-11(2)17-8-14(10)9-18(17)20(21)22-19-15-4-12-3-13(6-15)7-16(19)5-12;1-9(2)8-18-12(5)19-16(17)15-7-13-6-14(15)11(4)10(13)3;1-9-10(2)12-7-11(9)8-13(12)15(16)18-14-5-3-4-6-17-14;1-5-16-10(4)17-14(15)13-7-11-6-12(13)9(3)8(11)2/h11-19H,4-10H2,1-3H3;11-18H,3-10H2,1-2H3;10-19H,3-9H2,1-2H3;9-15H,6-8H2,1-5H3;9-14H,3-8H2,1-2H3;8-13H,5-7H2,1-4H3. The molecule has 15 nitrogen and oxygen atoms in total. The van der Waals surface area contributed by atoms with E-state index in [2.05, 4.69) is 104 Å². The average molecular weight is 1680 g/mol. The molecule has 33 atom stereocenters. The van der Waals surface area contributed by atoms with E-state index in [0.717, 1.165) is 183 Å². The molecule has 682 valence electrons. The van der Waals surface area contributed by atoms with Gasteiger partial charge < -0.3 is 42.6 Å². The number of hydrogen-bond acceptors (Lipinski definition) is 15. The van der Waals surface area contributed by atoms with Gasteiger partial charge in [-0.2, -0.15) is 0 Å². The summed E-state index contributed by atoms with van der Waals surface area (Å²) in [6, 6.07) is 0. The maximum atomic E-state index is 13.1. The normalized spacial score (nSPS) is 51.4. The second-order valence-electron chi connectivity index (χ2n) is 48.5. The number of carbonyl (C=O) groups excluding carboxylic acids is 6. The summed E-state index contributed by atoms with van der Waals surface area (Å²) in [6.45, 7) is 42.0. The second-order valence-corrected chi connectivity index (χ2v) is 48.5. The Morgan fingerprint density at radius 1 is 0.331 bits per heavy atom. The van der Waals surface area contributed by atoms with Crippen LogP contribution in [0.1, 0.15) is 324 Å². The summed E-state index contributed by atoms with van der Waals surface area (Å²) >= 11 is 0. The summed E-state index contributed by atoms with van der Waals surface area (Å²) in [5.74, 6) is 27.9. The van der Waals surface area contributed by atoms with Crippen molar-refractivity contribution in [3.05, 3.63) is 0 Å². The Morgan fingerprint density at radius 3 is 0.967 bits per heavy atom. The van der Waals surface area contributed by atoms with Gasteiger partial charge in [0.05, 0.1) is 48.7 Å². The molecule has 25 rings (SSSR count). The number of fused-ring (bicyclic) bond motifs is 12. The van der Waals surface area contributed by atoms with Crippen molar-refractivity contribution in [2.24, 2.45) is 249 Å². The molecule has 25 aliphatic rings. The number of esters is 6. The van der Waals surface area contributed by atoms with Gasteiger partial charge in [0.2, 0.25) is 6.29 Å². The van der Waals surface area contributed by atoms with E-state index < -0.39 is 12.6 Å². The van der Waals surface area contributed by atoms with Crippen LogP contribution in [-0.4, -0.2) is 91.8 Å². The molecule has 24 bridgehead atoms. The molecule has 0 amide bonds. The lowest BCUT2D eigenvalue weighted by Gasteiger charge is -2.59. The van der Waals surface area contributed by atoms with E-state index >= 15 is 0 Å². The van der Waals surface area contributed by atoms with Crippen molar-refractivity contribution >= 4 is 35.8 Å². The van der Waals surface area contributed by atoms with Crippen LogP contribution in [-0.2, 0) is 71.4 Å². The van der Waals surface area contributed by atoms with E-state index in [1.807, 2.05) is 13.8 Å². The summed E-state index contributed by atoms with van der Waals surface area (Å²) in [6.07, 6.45) is 37.5. The highest BCUT2D eigenvalue weighted by molar-refractivity contribution is 5.77. The van der Waals surface area contributed by atoms with Crippen molar-refractivity contribution in [1.29, 1.82) is 0 Å². The zero-order valence-electron chi connectivity index (χ0n) is 78.7. The van der Waals surface area contributed by atoms with Gasteiger partial charge >= 0.3 is 35.8 Å². The first-order chi connectivity index (χ1) is 57.7. The van der Waals surface area contributed by atoms with Crippen LogP contribution >= 0.6 is 0 Å². The maximum absolute atomic E-state index is 13.1. The van der Waals surface area contributed by atoms with Crippen LogP contribution in [0, 0.1) is 249 Å². The Hall–Kier alpha value is -3.30. The maximum Gasteiger partial charge on any atom is 0.311 e. The number of rotatable bonds is 17. The monoisotopic (exact) mass is 1680 g/mol. The largest absolute Gasteiger partial charge is 0.462 e. The first kappa shape index (κ1) is 89.7. The summed E-state index contributed by atoms with van der Waals surface area (Å²) in [4.78, 5) is 75.4. The fourth-order valence-electron chi connectivity index (χ4n) is 34.7. The summed E-state index contributed by atoms with van der Waals surface area (Å²) in [7, 11) is 0. The van der Waals surface area contributed by atoms with Gasteiger partial charge in [0, 0.05) is 13.0 Å². The highest BCUT2D eigenvalue weighted by Crippen LogP contribution is 2.66. The molecule has 24 saturated carbocycles. The van der Waals surface area contributed by atoms with Gasteiger partial charge in [-0.05, 0) is 433 Å². The Balaban J connectivity index is 0.000000104. The van der Waals surface area contributed by atoms with Crippen LogP contribution in [0.15, 0.2) is 0 Å². The van der Waals surface area contributed by atoms with E-state index in [-0.39, 0.29) is 94.9 Å². The molecule has 33 unspecified atom stereocenters. The second kappa shape index (κ2) is 36.2. The SMILES string of the molecule is CC(C)COC(C)OC(=O)C1CC2CC1C(C)C2C.CC1C2CC(C(=O)OC3(C)C4CC5CC(C4)CC3C5)C(C2)C1C.CC1C2CC(C(=O)OC34CC5CC(CC(C5)C3)C4)C(C2)C1C.CC1C2CC(C(=O)OC3C4CC5CC(C4)CC3C5)C(C2)C1C.CC1C2CC(C(=O)OC3CCCCO3)C(C2)C1C.CCOC(C)OC(=O)C1CC2CC1C(C)C2C. The van der Waals surface area contributed by atoms with Crippen molar-refractivity contribution < 1.29 is 71.4 Å². The number of ether oxygens (including phenoxy) is 9. The Kier molecular flexibility index (Phi) is 26.8. The van der Waals surface area contributed by atoms with Gasteiger partial charge in [-0.25, -0.2) is 0 Å². The summed E-state index contributed by atoms with van der Waals surface area (Å²) in [5.41, 5.74) is -0.177. The number of hydrogen-bond donors (Lipinski definition) is 0. The highest BCUT2D eigenvalue weighted by Gasteiger charge is 2.63. The van der Waals surface area contributed by atoms with E-state index in [4.69, 9.17) is 42.6 Å². The van der Waals surface area contributed by atoms with Crippen LogP contribution < -0.4 is 0 Å². The van der Waals surface area contributed by atoms with Gasteiger partial charge in [-0.15, -0.1) is 0 Å². The average Bonchev–Trinajstić information content (AvgIpc) is 1.69. The lowest BCUT2D eigenvalue weighted by atomic mass is 9.50. The molecule has 1 aliphatic heterocycles. The summed E-state index contributed by atoms with van der Waals surface area (Å²) in [5, 5.41) is 0. The minimum Gasteiger partial charge on any atom is -0.462 e. The molecule has 121 heavy (non-hydrogen) atoms. The minimum absolute atomic E-state index is 0.00755. The molecule has 25 fully saturated rings. The first-order valence-electron chi connectivity index (χ1n) is 51.8. The molecule has 0 aromatic rings. The third kappa shape index (κ3) is 17.8. The molecule has 15 heteroatoms. The molecule has 0 radical (unpaired) electrons. The van der Waals surface area contributed by atoms with E-state index in [1.165, 1.54) is 141 Å². The fourth-order valence-corrected chi connectivity index (χ4v) is 34.7. The van der Waals surface area contributed by atoms with E-state index in [1.54, 1.807) is 6.92 Å². The van der Waals surface area contributed by atoms with Gasteiger partial charge in [-0.3, -0.25) is 28.8 Å². The van der Waals surface area contributed by atoms with E-state index in [9.17, 15) is 28.8 Å². The van der Waals surface area contributed by atoms with Crippen LogP contribution in [0.3, 0.4) is 0 Å². The molecule has 0 spiro atoms. The summed E-state index contributed by atoms with van der Waals surface area (Å²) < 4.78 is 51.6. The zero-order valence-corrected chi connectivity index (χ0v) is 78.7. The van der Waals surface area contributed by atoms with Gasteiger partial charge in [0.25, 0.3) is 0 Å². The smallest absolute Gasteiger partial charge is 0.311 e. The molecule has 24 aliphatic carbocycles. The van der Waals surface area contributed by atoms with Crippen molar-refractivity contribution in [3.63, 3.8) is 0 Å². The van der Waals surface area contributed by atoms with Crippen molar-refractivity contribution in [1.82, 2.24) is 0 Å². The van der Waals surface area contributed by atoms with Crippen LogP contribution in [0.2, 0.25) is 0 Å². The van der Waals surface area contributed by atoms with Gasteiger partial charge in [0.15, 0.2) is 12.6 Å². The van der Waals surface area contributed by atoms with Crippen LogP contribution in [0.5, 0.6) is 0 Å². The lowest BCUT2D eigenvalue weighted by molar-refractivity contribution is -0.209. The quantitative estimate of drug-likeness (QED) is 0.0760. The molecule has 0 N–H and O–H groups in total. The highest BCUT2D eigenvalue weighted by atomic mass is 16.7. The predicted molar refractivity (Wildman–Crippen MR) is 467 cm³/mol. The molecule has 1 saturated heterocycles. The first-order valence-corrected chi connectivity index (χ1v) is 51.8. The van der Waals surface area contributed by atoms with Crippen molar-refractivity contribution in [2.75, 3.05) is 19.8 Å². The molecule has 1 heterocycles. The van der Waals surface area contributed by atoms with Crippen molar-refractivity contribution in [2.45, 2.75) is 360 Å². The fraction of sp³-hybridized carbons (Fsp3) is 0.943. The molecular formula is C106H168O15. The topological polar surface area (TPSA) is 185 Å². The zero-order chi connectivity index (χ0) is 85.4. The van der Waals surface area contributed by atoms with Crippen molar-refractivity contribution in [3.8, 4) is 0 Å². The lowest BCUT2D eigenvalue weighted by Crippen LogP contribution is -2.58. The third-order valence-electron chi connectivity index (χ3n) is 42.0. The van der Waals surface area contributed by atoms with Gasteiger partial charge in [0.1, 0.15) is 17.3 Å². The molecular weight excluding hydrogens is 1510 g/mol.